The van der Waals surface area contributed by atoms with E-state index in [2.05, 4.69) is 27.8 Å². The monoisotopic (exact) mass is 175 g/mol. The summed E-state index contributed by atoms with van der Waals surface area (Å²) in [5.41, 5.74) is 1.14. The first-order valence-electron chi connectivity index (χ1n) is 4.51. The van der Waals surface area contributed by atoms with Crippen LogP contribution < -0.4 is 10.6 Å². The summed E-state index contributed by atoms with van der Waals surface area (Å²) in [4.78, 5) is 4.29. The molecule has 0 fully saturated rings. The molecule has 0 radical (unpaired) electrons. The first-order valence-corrected chi connectivity index (χ1v) is 4.51. The molecule has 0 saturated heterocycles. The summed E-state index contributed by atoms with van der Waals surface area (Å²) in [5, 5.41) is 6.51. The molecule has 0 amide bonds. The smallest absolute Gasteiger partial charge is 0.116 e. The van der Waals surface area contributed by atoms with Gasteiger partial charge in [0.1, 0.15) is 5.84 Å². The molecule has 0 aromatic heterocycles. The van der Waals surface area contributed by atoms with Crippen LogP contribution in [0.25, 0.3) is 0 Å². The van der Waals surface area contributed by atoms with E-state index < -0.39 is 0 Å². The van der Waals surface area contributed by atoms with Crippen LogP contribution in [0.3, 0.4) is 0 Å². The fourth-order valence-electron chi connectivity index (χ4n) is 1.31. The first-order chi connectivity index (χ1) is 6.45. The van der Waals surface area contributed by atoms with Gasteiger partial charge >= 0.3 is 0 Å². The lowest BCUT2D eigenvalue weighted by molar-refractivity contribution is 0.956. The minimum atomic E-state index is 0.796. The average molecular weight is 175 g/mol. The zero-order chi connectivity index (χ0) is 8.93. The first kappa shape index (κ1) is 8.10. The Morgan fingerprint density at radius 1 is 1.31 bits per heavy atom. The van der Waals surface area contributed by atoms with Crippen molar-refractivity contribution >= 4 is 11.5 Å². The van der Waals surface area contributed by atoms with Crippen molar-refractivity contribution in [2.75, 3.05) is 25.0 Å². The maximum Gasteiger partial charge on any atom is 0.116 e. The molecule has 1 aromatic rings. The number of rotatable bonds is 3. The molecule has 68 valence electrons. The third-order valence-corrected chi connectivity index (χ3v) is 1.98. The molecular weight excluding hydrogens is 162 g/mol. The molecule has 1 heterocycles. The van der Waals surface area contributed by atoms with E-state index in [1.54, 1.807) is 0 Å². The minimum Gasteiger partial charge on any atom is -0.378 e. The van der Waals surface area contributed by atoms with Crippen LogP contribution >= 0.6 is 0 Å². The van der Waals surface area contributed by atoms with E-state index in [1.165, 1.54) is 0 Å². The van der Waals surface area contributed by atoms with Crippen molar-refractivity contribution in [1.82, 2.24) is 5.32 Å². The highest BCUT2D eigenvalue weighted by molar-refractivity contribution is 5.87. The fraction of sp³-hybridized carbons (Fsp3) is 0.300. The molecule has 0 unspecified atom stereocenters. The molecular formula is C10H13N3. The topological polar surface area (TPSA) is 36.4 Å². The second-order valence-corrected chi connectivity index (χ2v) is 2.97. The molecule has 3 heteroatoms. The highest BCUT2D eigenvalue weighted by atomic mass is 15.1. The third-order valence-electron chi connectivity index (χ3n) is 1.98. The van der Waals surface area contributed by atoms with E-state index in [-0.39, 0.29) is 0 Å². The van der Waals surface area contributed by atoms with Gasteiger partial charge in [-0.05, 0) is 12.1 Å². The lowest BCUT2D eigenvalue weighted by atomic mass is 10.3. The Balaban J connectivity index is 1.86. The second-order valence-electron chi connectivity index (χ2n) is 2.97. The van der Waals surface area contributed by atoms with E-state index in [9.17, 15) is 0 Å². The number of hydrogen-bond donors (Lipinski definition) is 2. The SMILES string of the molecule is c1ccc(NCC2=NCCN2)cc1. The molecule has 3 nitrogen and oxygen atoms in total. The van der Waals surface area contributed by atoms with Gasteiger partial charge in [0.25, 0.3) is 0 Å². The van der Waals surface area contributed by atoms with Crippen molar-refractivity contribution in [2.45, 2.75) is 0 Å². The van der Waals surface area contributed by atoms with Crippen molar-refractivity contribution in [3.05, 3.63) is 30.3 Å². The number of benzene rings is 1. The zero-order valence-electron chi connectivity index (χ0n) is 7.46. The maximum absolute atomic E-state index is 4.29. The third kappa shape index (κ3) is 2.21. The summed E-state index contributed by atoms with van der Waals surface area (Å²) in [7, 11) is 0. The van der Waals surface area contributed by atoms with E-state index in [0.29, 0.717) is 0 Å². The van der Waals surface area contributed by atoms with E-state index in [4.69, 9.17) is 0 Å². The van der Waals surface area contributed by atoms with E-state index >= 15 is 0 Å². The van der Waals surface area contributed by atoms with E-state index in [0.717, 1.165) is 31.2 Å². The molecule has 1 aliphatic rings. The molecule has 0 bridgehead atoms. The van der Waals surface area contributed by atoms with Gasteiger partial charge in [-0.15, -0.1) is 0 Å². The summed E-state index contributed by atoms with van der Waals surface area (Å²) < 4.78 is 0. The molecule has 2 rings (SSSR count). The minimum absolute atomic E-state index is 0.796. The predicted octanol–water partition coefficient (Wildman–Crippen LogP) is 1.10. The largest absolute Gasteiger partial charge is 0.378 e. The Bertz CT molecular complexity index is 292. The standard InChI is InChI=1S/C10H13N3/c1-2-4-9(5-3-1)13-8-10-11-6-7-12-10/h1-5,13H,6-8H2,(H,11,12). The van der Waals surface area contributed by atoms with Crippen LogP contribution in [0.15, 0.2) is 35.3 Å². The van der Waals surface area contributed by atoms with Gasteiger partial charge in [0.15, 0.2) is 0 Å². The Hall–Kier alpha value is -1.51. The fourth-order valence-corrected chi connectivity index (χ4v) is 1.31. The molecule has 0 atom stereocenters. The van der Waals surface area contributed by atoms with Gasteiger partial charge in [0.2, 0.25) is 0 Å². The van der Waals surface area contributed by atoms with Crippen LogP contribution in [-0.4, -0.2) is 25.5 Å². The normalized spacial score (nSPS) is 14.9. The Morgan fingerprint density at radius 2 is 2.15 bits per heavy atom. The van der Waals surface area contributed by atoms with Crippen molar-refractivity contribution in [3.8, 4) is 0 Å². The Kier molecular flexibility index (Phi) is 2.45. The maximum atomic E-state index is 4.29. The van der Waals surface area contributed by atoms with Crippen molar-refractivity contribution in [3.63, 3.8) is 0 Å². The zero-order valence-corrected chi connectivity index (χ0v) is 7.46. The number of anilines is 1. The lowest BCUT2D eigenvalue weighted by Gasteiger charge is -2.05. The molecule has 1 aromatic carbocycles. The summed E-state index contributed by atoms with van der Waals surface area (Å²) in [6, 6.07) is 10.2. The summed E-state index contributed by atoms with van der Waals surface area (Å²) in [6.45, 7) is 2.68. The van der Waals surface area contributed by atoms with Gasteiger partial charge < -0.3 is 10.6 Å². The average Bonchev–Trinajstić information content (AvgIpc) is 2.69. The molecule has 2 N–H and O–H groups in total. The van der Waals surface area contributed by atoms with Gasteiger partial charge in [0, 0.05) is 12.2 Å². The van der Waals surface area contributed by atoms with Crippen molar-refractivity contribution < 1.29 is 0 Å². The predicted molar refractivity (Wildman–Crippen MR) is 55.2 cm³/mol. The Morgan fingerprint density at radius 3 is 2.85 bits per heavy atom. The van der Waals surface area contributed by atoms with Crippen molar-refractivity contribution in [1.29, 1.82) is 0 Å². The number of nitrogens with one attached hydrogen (secondary N) is 2. The Labute approximate surface area is 77.9 Å². The van der Waals surface area contributed by atoms with Crippen LogP contribution in [-0.2, 0) is 0 Å². The number of nitrogens with zero attached hydrogens (tertiary/aromatic N) is 1. The molecule has 13 heavy (non-hydrogen) atoms. The van der Waals surface area contributed by atoms with Gasteiger partial charge in [-0.3, -0.25) is 4.99 Å². The highest BCUT2D eigenvalue weighted by Gasteiger charge is 2.02. The summed E-state index contributed by atoms with van der Waals surface area (Å²) in [5.74, 6) is 1.06. The summed E-state index contributed by atoms with van der Waals surface area (Å²) in [6.07, 6.45) is 0. The van der Waals surface area contributed by atoms with Crippen LogP contribution in [0.4, 0.5) is 5.69 Å². The number of hydrogen-bond acceptors (Lipinski definition) is 3. The quantitative estimate of drug-likeness (QED) is 0.721. The molecule has 0 spiro atoms. The highest BCUT2D eigenvalue weighted by Crippen LogP contribution is 2.03. The lowest BCUT2D eigenvalue weighted by Crippen LogP contribution is -2.25. The van der Waals surface area contributed by atoms with E-state index in [1.807, 2.05) is 18.2 Å². The second kappa shape index (κ2) is 3.94. The van der Waals surface area contributed by atoms with Gasteiger partial charge in [-0.25, -0.2) is 0 Å². The summed E-state index contributed by atoms with van der Waals surface area (Å²) >= 11 is 0. The van der Waals surface area contributed by atoms with Crippen molar-refractivity contribution in [2.24, 2.45) is 4.99 Å². The van der Waals surface area contributed by atoms with Gasteiger partial charge in [-0.2, -0.15) is 0 Å². The number of aliphatic imine (C=N–C) groups is 1. The van der Waals surface area contributed by atoms with Crippen LogP contribution in [0.1, 0.15) is 0 Å². The van der Waals surface area contributed by atoms with Gasteiger partial charge in [0.05, 0.1) is 13.1 Å². The molecule has 0 aliphatic carbocycles. The van der Waals surface area contributed by atoms with Gasteiger partial charge in [-0.1, -0.05) is 18.2 Å². The van der Waals surface area contributed by atoms with Crippen LogP contribution in [0.2, 0.25) is 0 Å². The van der Waals surface area contributed by atoms with Crippen LogP contribution in [0.5, 0.6) is 0 Å². The van der Waals surface area contributed by atoms with Crippen LogP contribution in [0, 0.1) is 0 Å². The number of amidine groups is 1. The molecule has 0 saturated carbocycles. The number of para-hydroxylation sites is 1. The molecule has 1 aliphatic heterocycles.